The van der Waals surface area contributed by atoms with Gasteiger partial charge in [0.1, 0.15) is 23.1 Å². The van der Waals surface area contributed by atoms with Gasteiger partial charge in [-0.15, -0.1) is 0 Å². The molecule has 0 saturated carbocycles. The number of aliphatic hydroxyl groups is 1. The van der Waals surface area contributed by atoms with E-state index < -0.39 is 11.9 Å². The molecule has 0 amide bonds. The molecule has 1 aliphatic rings. The molecule has 1 unspecified atom stereocenters. The van der Waals surface area contributed by atoms with Crippen LogP contribution in [0.15, 0.2) is 65.8 Å². The molecule has 0 fully saturated rings. The van der Waals surface area contributed by atoms with E-state index >= 15 is 4.39 Å². The number of Topliss-reactive ketones (excluding diaryl/α,β-unsaturated/α-hetero) is 1. The number of ether oxygens (including phenoxy) is 1. The van der Waals surface area contributed by atoms with Crippen molar-refractivity contribution in [2.45, 2.75) is 58.5 Å². The highest BCUT2D eigenvalue weighted by Crippen LogP contribution is 2.35. The SMILES string of the molecule is Cc1ccc(-n2nc(C(C)(C)C)cc2CC(=O)Cc2ccc(Oc3ccnc4c3CC(O)C(CBr)=N4)cc2F)cc1. The van der Waals surface area contributed by atoms with Gasteiger partial charge in [-0.05, 0) is 42.8 Å². The predicted molar refractivity (Wildman–Crippen MR) is 161 cm³/mol. The van der Waals surface area contributed by atoms with Gasteiger partial charge in [-0.25, -0.2) is 19.0 Å². The third kappa shape index (κ3) is 6.47. The Kier molecular flexibility index (Phi) is 8.20. The summed E-state index contributed by atoms with van der Waals surface area (Å²) in [5.41, 5.74) is 5.01. The summed E-state index contributed by atoms with van der Waals surface area (Å²) in [6, 6.07) is 16.1. The number of carbonyl (C=O) groups excluding carboxylic acids is 1. The molecule has 2 aromatic carbocycles. The van der Waals surface area contributed by atoms with Crippen molar-refractivity contribution in [2.75, 3.05) is 5.33 Å². The minimum absolute atomic E-state index is 0.0586. The second-order valence-electron chi connectivity index (χ2n) is 11.3. The van der Waals surface area contributed by atoms with Crippen LogP contribution in [0.4, 0.5) is 10.2 Å². The lowest BCUT2D eigenvalue weighted by molar-refractivity contribution is -0.117. The van der Waals surface area contributed by atoms with E-state index in [0.29, 0.717) is 40.2 Å². The third-order valence-corrected chi connectivity index (χ3v) is 7.58. The second-order valence-corrected chi connectivity index (χ2v) is 11.9. The number of hydrogen-bond donors (Lipinski definition) is 1. The lowest BCUT2D eigenvalue weighted by Gasteiger charge is -2.21. The Bertz CT molecular complexity index is 1620. The molecule has 0 radical (unpaired) electrons. The summed E-state index contributed by atoms with van der Waals surface area (Å²) in [7, 11) is 0. The maximum absolute atomic E-state index is 15.2. The first-order valence-electron chi connectivity index (χ1n) is 13.5. The second kappa shape index (κ2) is 11.7. The highest BCUT2D eigenvalue weighted by molar-refractivity contribution is 9.09. The Morgan fingerprint density at radius 1 is 1.12 bits per heavy atom. The molecule has 212 valence electrons. The van der Waals surface area contributed by atoms with Crippen LogP contribution < -0.4 is 4.74 Å². The zero-order chi connectivity index (χ0) is 29.3. The number of alkyl halides is 1. The van der Waals surface area contributed by atoms with Gasteiger partial charge in [0.25, 0.3) is 0 Å². The van der Waals surface area contributed by atoms with Gasteiger partial charge in [-0.2, -0.15) is 5.10 Å². The van der Waals surface area contributed by atoms with Gasteiger partial charge in [0.2, 0.25) is 0 Å². The summed E-state index contributed by atoms with van der Waals surface area (Å²) < 4.78 is 22.9. The number of nitrogens with zero attached hydrogens (tertiary/aromatic N) is 4. The Morgan fingerprint density at radius 2 is 1.88 bits per heavy atom. The first-order valence-corrected chi connectivity index (χ1v) is 14.6. The largest absolute Gasteiger partial charge is 0.457 e. The van der Waals surface area contributed by atoms with Crippen LogP contribution in [0.1, 0.15) is 48.8 Å². The summed E-state index contributed by atoms with van der Waals surface area (Å²) in [5, 5.41) is 15.6. The topological polar surface area (TPSA) is 89.6 Å². The van der Waals surface area contributed by atoms with Crippen LogP contribution >= 0.6 is 15.9 Å². The Hall–Kier alpha value is -3.69. The third-order valence-electron chi connectivity index (χ3n) is 7.01. The highest BCUT2D eigenvalue weighted by Gasteiger charge is 2.25. The average molecular weight is 620 g/mol. The number of aromatic nitrogens is 3. The fraction of sp³-hybridized carbons (Fsp3) is 0.312. The van der Waals surface area contributed by atoms with Crippen LogP contribution in [0.5, 0.6) is 11.5 Å². The molecule has 0 spiro atoms. The number of pyridine rings is 1. The standard InChI is InChI=1S/C32H32BrFN4O3/c1-19-5-8-21(9-6-19)38-22(15-30(37-38)32(2,3)4)14-23(39)13-20-7-10-24(16-26(20)34)41-29-11-12-35-31-25(29)17-28(40)27(18-33)36-31/h5-12,15-16,28,40H,13-14,17-18H2,1-4H3. The van der Waals surface area contributed by atoms with E-state index in [4.69, 9.17) is 9.84 Å². The van der Waals surface area contributed by atoms with Crippen molar-refractivity contribution in [1.29, 1.82) is 0 Å². The molecule has 3 heterocycles. The van der Waals surface area contributed by atoms with Crippen molar-refractivity contribution in [3.63, 3.8) is 0 Å². The molecule has 0 aliphatic carbocycles. The molecule has 0 bridgehead atoms. The van der Waals surface area contributed by atoms with Crippen LogP contribution in [0.3, 0.4) is 0 Å². The number of halogens is 2. The zero-order valence-corrected chi connectivity index (χ0v) is 25.1. The van der Waals surface area contributed by atoms with E-state index in [1.807, 2.05) is 41.9 Å². The van der Waals surface area contributed by atoms with Gasteiger partial charge in [-0.3, -0.25) is 4.79 Å². The molecule has 1 N–H and O–H groups in total. The molecule has 4 aromatic rings. The number of benzene rings is 2. The van der Waals surface area contributed by atoms with E-state index in [2.05, 4.69) is 46.7 Å². The summed E-state index contributed by atoms with van der Waals surface area (Å²) in [4.78, 5) is 21.8. The number of aliphatic imine (C=N–C) groups is 1. The van der Waals surface area contributed by atoms with Gasteiger partial charge < -0.3 is 9.84 Å². The summed E-state index contributed by atoms with van der Waals surface area (Å²) in [6.45, 7) is 8.26. The minimum Gasteiger partial charge on any atom is -0.457 e. The molecular formula is C32H32BrFN4O3. The van der Waals surface area contributed by atoms with E-state index in [-0.39, 0.29) is 29.8 Å². The van der Waals surface area contributed by atoms with Crippen molar-refractivity contribution < 1.29 is 19.0 Å². The predicted octanol–water partition coefficient (Wildman–Crippen LogP) is 6.54. The van der Waals surface area contributed by atoms with Crippen LogP contribution in [-0.4, -0.2) is 42.8 Å². The molecule has 7 nitrogen and oxygen atoms in total. The fourth-order valence-corrected chi connectivity index (χ4v) is 5.15. The van der Waals surface area contributed by atoms with Gasteiger partial charge >= 0.3 is 0 Å². The summed E-state index contributed by atoms with van der Waals surface area (Å²) in [5.74, 6) is 0.562. The van der Waals surface area contributed by atoms with Crippen molar-refractivity contribution in [3.05, 3.63) is 94.7 Å². The molecule has 1 atom stereocenters. The maximum Gasteiger partial charge on any atom is 0.158 e. The monoisotopic (exact) mass is 618 g/mol. The van der Waals surface area contributed by atoms with Gasteiger partial charge in [0.15, 0.2) is 5.82 Å². The van der Waals surface area contributed by atoms with Crippen LogP contribution in [-0.2, 0) is 29.5 Å². The number of carbonyl (C=O) groups is 1. The van der Waals surface area contributed by atoms with Crippen molar-refractivity contribution in [3.8, 4) is 17.2 Å². The number of ketones is 1. The first kappa shape index (κ1) is 28.8. The van der Waals surface area contributed by atoms with E-state index in [9.17, 15) is 9.90 Å². The first-order chi connectivity index (χ1) is 19.5. The number of fused-ring (bicyclic) bond motifs is 1. The summed E-state index contributed by atoms with van der Waals surface area (Å²) in [6.07, 6.45) is 1.18. The lowest BCUT2D eigenvalue weighted by atomic mass is 9.92. The van der Waals surface area contributed by atoms with Crippen LogP contribution in [0.2, 0.25) is 0 Å². The molecule has 0 saturated heterocycles. The Labute approximate surface area is 247 Å². The smallest absolute Gasteiger partial charge is 0.158 e. The average Bonchev–Trinajstić information content (AvgIpc) is 3.35. The fourth-order valence-electron chi connectivity index (χ4n) is 4.65. The number of aryl methyl sites for hydroxylation is 1. The van der Waals surface area contributed by atoms with Crippen molar-refractivity contribution in [1.82, 2.24) is 14.8 Å². The normalized spacial score (nSPS) is 14.9. The van der Waals surface area contributed by atoms with Crippen LogP contribution in [0.25, 0.3) is 5.69 Å². The molecule has 41 heavy (non-hydrogen) atoms. The van der Waals surface area contributed by atoms with Crippen LogP contribution in [0, 0.1) is 12.7 Å². The van der Waals surface area contributed by atoms with Gasteiger partial charge in [-0.1, -0.05) is 60.5 Å². The van der Waals surface area contributed by atoms with Crippen molar-refractivity contribution >= 4 is 33.2 Å². The molecular weight excluding hydrogens is 587 g/mol. The Morgan fingerprint density at radius 3 is 2.56 bits per heavy atom. The van der Waals surface area contributed by atoms with E-state index in [1.54, 1.807) is 24.4 Å². The maximum atomic E-state index is 15.2. The highest BCUT2D eigenvalue weighted by atomic mass is 79.9. The van der Waals surface area contributed by atoms with E-state index in [0.717, 1.165) is 22.6 Å². The molecule has 1 aliphatic heterocycles. The van der Waals surface area contributed by atoms with Gasteiger partial charge in [0, 0.05) is 47.8 Å². The quantitative estimate of drug-likeness (QED) is 0.226. The number of aliphatic hydroxyl groups excluding tert-OH is 1. The lowest BCUT2D eigenvalue weighted by Crippen LogP contribution is -2.27. The molecule has 2 aromatic heterocycles. The van der Waals surface area contributed by atoms with Crippen molar-refractivity contribution in [2.24, 2.45) is 4.99 Å². The number of hydrogen-bond acceptors (Lipinski definition) is 6. The Balaban J connectivity index is 1.33. The summed E-state index contributed by atoms with van der Waals surface area (Å²) >= 11 is 3.33. The minimum atomic E-state index is -0.750. The molecule has 5 rings (SSSR count). The number of rotatable bonds is 8. The molecule has 9 heteroatoms. The zero-order valence-electron chi connectivity index (χ0n) is 23.5. The van der Waals surface area contributed by atoms with E-state index in [1.165, 1.54) is 6.07 Å². The van der Waals surface area contributed by atoms with Gasteiger partial charge in [0.05, 0.1) is 28.9 Å².